The van der Waals surface area contributed by atoms with Gasteiger partial charge in [0.15, 0.2) is 0 Å². The molecular weight excluding hydrogens is 326 g/mol. The van der Waals surface area contributed by atoms with Gasteiger partial charge in [0.2, 0.25) is 0 Å². The molecule has 0 saturated carbocycles. The fraction of sp³-hybridized carbons (Fsp3) is 0.529. The lowest BCUT2D eigenvalue weighted by Gasteiger charge is -2.43. The zero-order valence-electron chi connectivity index (χ0n) is 13.7. The maximum atomic E-state index is 11.3. The Balaban J connectivity index is 1.50. The number of nitrogens with zero attached hydrogens (tertiary/aromatic N) is 2. The van der Waals surface area contributed by atoms with Crippen LogP contribution >= 0.6 is 11.3 Å². The van der Waals surface area contributed by atoms with Crippen LogP contribution in [0.25, 0.3) is 0 Å². The van der Waals surface area contributed by atoms with Crippen molar-refractivity contribution in [1.82, 2.24) is 14.9 Å². The van der Waals surface area contributed by atoms with E-state index in [1.54, 1.807) is 0 Å². The van der Waals surface area contributed by atoms with Gasteiger partial charge in [0, 0.05) is 36.3 Å². The van der Waals surface area contributed by atoms with Crippen LogP contribution in [0.4, 0.5) is 0 Å². The van der Waals surface area contributed by atoms with Gasteiger partial charge < -0.3 is 14.8 Å². The number of nitrogens with one attached hydrogen (secondary N) is 1. The standard InChI is InChI=1S/C17H21N3O3S/c1-11-9-18-15(19-11)10-20-5-3-17(4-6-20)12-8-14(16(21)22)24-13(12)2-7-23-17/h8-9H,2-7,10H2,1H3,(H,18,19)(H,21,22). The largest absolute Gasteiger partial charge is 0.477 e. The maximum Gasteiger partial charge on any atom is 0.345 e. The van der Waals surface area contributed by atoms with Gasteiger partial charge in [-0.1, -0.05) is 0 Å². The Morgan fingerprint density at radius 3 is 2.96 bits per heavy atom. The summed E-state index contributed by atoms with van der Waals surface area (Å²) in [6.45, 7) is 5.37. The van der Waals surface area contributed by atoms with Crippen molar-refractivity contribution in [3.05, 3.63) is 39.1 Å². The van der Waals surface area contributed by atoms with E-state index in [0.29, 0.717) is 11.5 Å². The number of thiophene rings is 1. The number of rotatable bonds is 3. The van der Waals surface area contributed by atoms with E-state index in [4.69, 9.17) is 4.74 Å². The molecule has 2 aliphatic rings. The molecule has 6 nitrogen and oxygen atoms in total. The first kappa shape index (κ1) is 15.8. The van der Waals surface area contributed by atoms with Gasteiger partial charge in [0.05, 0.1) is 18.8 Å². The summed E-state index contributed by atoms with van der Waals surface area (Å²) in [6, 6.07) is 1.84. The maximum absolute atomic E-state index is 11.3. The van der Waals surface area contributed by atoms with Crippen molar-refractivity contribution in [3.63, 3.8) is 0 Å². The van der Waals surface area contributed by atoms with Crippen LogP contribution in [0.5, 0.6) is 0 Å². The topological polar surface area (TPSA) is 78.5 Å². The number of carboxylic acids is 1. The first-order valence-electron chi connectivity index (χ1n) is 8.29. The third kappa shape index (κ3) is 2.76. The number of carboxylic acid groups (broad SMARTS) is 1. The molecule has 0 aromatic carbocycles. The molecule has 2 aromatic rings. The summed E-state index contributed by atoms with van der Waals surface area (Å²) in [4.78, 5) is 23.0. The molecule has 1 saturated heterocycles. The molecule has 0 unspecified atom stereocenters. The molecule has 0 amide bonds. The van der Waals surface area contributed by atoms with E-state index < -0.39 is 5.97 Å². The molecule has 1 fully saturated rings. The predicted molar refractivity (Wildman–Crippen MR) is 90.4 cm³/mol. The van der Waals surface area contributed by atoms with Crippen molar-refractivity contribution in [1.29, 1.82) is 0 Å². The van der Waals surface area contributed by atoms with Gasteiger partial charge in [-0.25, -0.2) is 9.78 Å². The Kier molecular flexibility index (Phi) is 3.94. The van der Waals surface area contributed by atoms with Crippen LogP contribution < -0.4 is 0 Å². The molecule has 2 aliphatic heterocycles. The number of aromatic carboxylic acids is 1. The molecule has 7 heteroatoms. The summed E-state index contributed by atoms with van der Waals surface area (Å²) < 4.78 is 6.19. The summed E-state index contributed by atoms with van der Waals surface area (Å²) in [5, 5.41) is 9.28. The lowest BCUT2D eigenvalue weighted by Crippen LogP contribution is -2.46. The van der Waals surface area contributed by atoms with Crippen LogP contribution in [-0.4, -0.2) is 45.6 Å². The van der Waals surface area contributed by atoms with E-state index in [1.165, 1.54) is 16.2 Å². The number of aryl methyl sites for hydroxylation is 1. The number of ether oxygens (including phenoxy) is 1. The minimum absolute atomic E-state index is 0.298. The lowest BCUT2D eigenvalue weighted by atomic mass is 9.82. The summed E-state index contributed by atoms with van der Waals surface area (Å²) >= 11 is 1.41. The average Bonchev–Trinajstić information content (AvgIpc) is 3.17. The van der Waals surface area contributed by atoms with Crippen LogP contribution in [0.1, 0.15) is 44.5 Å². The number of aromatic amines is 1. The van der Waals surface area contributed by atoms with E-state index in [2.05, 4.69) is 14.9 Å². The molecule has 0 bridgehead atoms. The fourth-order valence-corrected chi connectivity index (χ4v) is 4.84. The number of hydrogen-bond donors (Lipinski definition) is 2. The molecule has 1 spiro atoms. The molecule has 24 heavy (non-hydrogen) atoms. The highest BCUT2D eigenvalue weighted by atomic mass is 32.1. The molecule has 4 rings (SSSR count). The van der Waals surface area contributed by atoms with Crippen LogP contribution in [0.15, 0.2) is 12.3 Å². The normalized spacial score (nSPS) is 20.2. The monoisotopic (exact) mass is 347 g/mol. The van der Waals surface area contributed by atoms with Gasteiger partial charge >= 0.3 is 5.97 Å². The predicted octanol–water partition coefficient (Wildman–Crippen LogP) is 2.54. The lowest BCUT2D eigenvalue weighted by molar-refractivity contribution is -0.0983. The van der Waals surface area contributed by atoms with Crippen LogP contribution in [0.2, 0.25) is 0 Å². The Hall–Kier alpha value is -1.70. The van der Waals surface area contributed by atoms with Gasteiger partial charge in [-0.05, 0) is 31.4 Å². The van der Waals surface area contributed by atoms with Gasteiger partial charge in [-0.15, -0.1) is 11.3 Å². The fourth-order valence-electron chi connectivity index (χ4n) is 3.77. The van der Waals surface area contributed by atoms with E-state index >= 15 is 0 Å². The number of aromatic nitrogens is 2. The Morgan fingerprint density at radius 2 is 2.29 bits per heavy atom. The third-order valence-corrected chi connectivity index (χ3v) is 6.19. The van der Waals surface area contributed by atoms with Gasteiger partial charge in [0.25, 0.3) is 0 Å². The van der Waals surface area contributed by atoms with Crippen molar-refractivity contribution in [2.75, 3.05) is 19.7 Å². The number of carbonyl (C=O) groups is 1. The van der Waals surface area contributed by atoms with Crippen LogP contribution in [-0.2, 0) is 23.3 Å². The molecule has 4 heterocycles. The van der Waals surface area contributed by atoms with E-state index in [1.807, 2.05) is 19.2 Å². The Labute approximate surface area is 144 Å². The van der Waals surface area contributed by atoms with E-state index in [-0.39, 0.29) is 5.60 Å². The summed E-state index contributed by atoms with van der Waals surface area (Å²) in [6.07, 6.45) is 4.48. The van der Waals surface area contributed by atoms with Crippen molar-refractivity contribution in [2.24, 2.45) is 0 Å². The van der Waals surface area contributed by atoms with E-state index in [9.17, 15) is 9.90 Å². The highest BCUT2D eigenvalue weighted by molar-refractivity contribution is 7.14. The zero-order valence-corrected chi connectivity index (χ0v) is 14.5. The van der Waals surface area contributed by atoms with Crippen molar-refractivity contribution in [3.8, 4) is 0 Å². The zero-order chi connectivity index (χ0) is 16.7. The smallest absolute Gasteiger partial charge is 0.345 e. The second-order valence-electron chi connectivity index (χ2n) is 6.63. The average molecular weight is 347 g/mol. The summed E-state index contributed by atoms with van der Waals surface area (Å²) in [7, 11) is 0. The minimum atomic E-state index is -0.838. The molecule has 128 valence electrons. The number of piperidine rings is 1. The summed E-state index contributed by atoms with van der Waals surface area (Å²) in [5.41, 5.74) is 1.90. The van der Waals surface area contributed by atoms with Crippen molar-refractivity contribution in [2.45, 2.75) is 38.3 Å². The third-order valence-electron chi connectivity index (χ3n) is 5.01. The van der Waals surface area contributed by atoms with Crippen molar-refractivity contribution >= 4 is 17.3 Å². The Bertz CT molecular complexity index is 759. The Morgan fingerprint density at radius 1 is 1.50 bits per heavy atom. The molecule has 0 radical (unpaired) electrons. The summed E-state index contributed by atoms with van der Waals surface area (Å²) in [5.74, 6) is 0.160. The highest BCUT2D eigenvalue weighted by Gasteiger charge is 2.42. The number of hydrogen-bond acceptors (Lipinski definition) is 5. The van der Waals surface area contributed by atoms with E-state index in [0.717, 1.165) is 56.0 Å². The van der Waals surface area contributed by atoms with Gasteiger partial charge in [0.1, 0.15) is 10.7 Å². The minimum Gasteiger partial charge on any atom is -0.477 e. The van der Waals surface area contributed by atoms with Crippen LogP contribution in [0, 0.1) is 6.92 Å². The van der Waals surface area contributed by atoms with Crippen molar-refractivity contribution < 1.29 is 14.6 Å². The van der Waals surface area contributed by atoms with Crippen LogP contribution in [0.3, 0.4) is 0 Å². The second kappa shape index (κ2) is 5.98. The van der Waals surface area contributed by atoms with Gasteiger partial charge in [-0.2, -0.15) is 0 Å². The molecular formula is C17H21N3O3S. The number of fused-ring (bicyclic) bond motifs is 2. The number of H-pyrrole nitrogens is 1. The highest BCUT2D eigenvalue weighted by Crippen LogP contribution is 2.44. The molecule has 2 N–H and O–H groups in total. The molecule has 2 aromatic heterocycles. The number of likely N-dealkylation sites (tertiary alicyclic amines) is 1. The second-order valence-corrected chi connectivity index (χ2v) is 7.77. The van der Waals surface area contributed by atoms with Gasteiger partial charge in [-0.3, -0.25) is 4.90 Å². The quantitative estimate of drug-likeness (QED) is 0.892. The number of imidazole rings is 1. The first-order valence-corrected chi connectivity index (χ1v) is 9.11. The molecule has 0 aliphatic carbocycles. The first-order chi connectivity index (χ1) is 11.6. The SMILES string of the molecule is Cc1cnc(CN2CCC3(CC2)OCCc2sc(C(=O)O)cc23)[nH]1. The molecule has 0 atom stereocenters.